The average molecular weight is 153 g/mol. The monoisotopic (exact) mass is 153 g/mol. The van der Waals surface area contributed by atoms with Gasteiger partial charge >= 0.3 is 0 Å². The van der Waals surface area contributed by atoms with Gasteiger partial charge in [-0.05, 0) is 32.2 Å². The predicted octanol–water partition coefficient (Wildman–Crippen LogP) is 2.13. The first-order valence-electron chi connectivity index (χ1n) is 4.97. The lowest BCUT2D eigenvalue weighted by Crippen LogP contribution is -2.25. The molecule has 1 heterocycles. The summed E-state index contributed by atoms with van der Waals surface area (Å²) in [5, 5.41) is 0. The van der Waals surface area contributed by atoms with E-state index in [-0.39, 0.29) is 0 Å². The van der Waals surface area contributed by atoms with Crippen LogP contribution in [0.25, 0.3) is 0 Å². The smallest absolute Gasteiger partial charge is 0.00672 e. The van der Waals surface area contributed by atoms with E-state index >= 15 is 0 Å². The quantitative estimate of drug-likeness (QED) is 0.558. The maximum absolute atomic E-state index is 2.52. The minimum atomic E-state index is 0.848. The van der Waals surface area contributed by atoms with Gasteiger partial charge in [-0.3, -0.25) is 0 Å². The summed E-state index contributed by atoms with van der Waals surface area (Å²) in [6.07, 6.45) is 6.00. The van der Waals surface area contributed by atoms with Crippen LogP contribution in [-0.2, 0) is 0 Å². The Morgan fingerprint density at radius 1 is 1.18 bits per heavy atom. The minimum Gasteiger partial charge on any atom is -0.303 e. The SMILES string of the molecule is CC1CC(C2CCC2)CN1C. The summed E-state index contributed by atoms with van der Waals surface area (Å²) >= 11 is 0. The van der Waals surface area contributed by atoms with Crippen molar-refractivity contribution < 1.29 is 0 Å². The van der Waals surface area contributed by atoms with Crippen molar-refractivity contribution in [3.63, 3.8) is 0 Å². The zero-order valence-electron chi connectivity index (χ0n) is 7.71. The van der Waals surface area contributed by atoms with Crippen LogP contribution in [-0.4, -0.2) is 24.5 Å². The Balaban J connectivity index is 1.87. The van der Waals surface area contributed by atoms with E-state index in [9.17, 15) is 0 Å². The summed E-state index contributed by atoms with van der Waals surface area (Å²) in [4.78, 5) is 2.52. The highest BCUT2D eigenvalue weighted by atomic mass is 15.1. The van der Waals surface area contributed by atoms with E-state index < -0.39 is 0 Å². The molecule has 1 nitrogen and oxygen atoms in total. The first kappa shape index (κ1) is 7.60. The van der Waals surface area contributed by atoms with Gasteiger partial charge in [0.2, 0.25) is 0 Å². The van der Waals surface area contributed by atoms with Crippen LogP contribution in [0.3, 0.4) is 0 Å². The van der Waals surface area contributed by atoms with Crippen LogP contribution in [0, 0.1) is 11.8 Å². The Bertz CT molecular complexity index is 130. The van der Waals surface area contributed by atoms with Crippen molar-refractivity contribution in [3.05, 3.63) is 0 Å². The Morgan fingerprint density at radius 2 is 1.91 bits per heavy atom. The summed E-state index contributed by atoms with van der Waals surface area (Å²) in [5.74, 6) is 2.14. The van der Waals surface area contributed by atoms with E-state index in [0.717, 1.165) is 17.9 Å². The highest BCUT2D eigenvalue weighted by molar-refractivity contribution is 4.87. The normalized spacial score (nSPS) is 40.9. The molecule has 1 saturated heterocycles. The summed E-state index contributed by atoms with van der Waals surface area (Å²) in [6, 6.07) is 0.848. The lowest BCUT2D eigenvalue weighted by Gasteiger charge is -2.31. The van der Waals surface area contributed by atoms with Crippen molar-refractivity contribution in [2.45, 2.75) is 38.6 Å². The number of rotatable bonds is 1. The Labute approximate surface area is 69.8 Å². The lowest BCUT2D eigenvalue weighted by atomic mass is 9.75. The fraction of sp³-hybridized carbons (Fsp3) is 1.00. The summed E-state index contributed by atoms with van der Waals surface area (Å²) < 4.78 is 0. The first-order chi connectivity index (χ1) is 5.27. The molecule has 11 heavy (non-hydrogen) atoms. The molecule has 0 spiro atoms. The molecule has 0 radical (unpaired) electrons. The van der Waals surface area contributed by atoms with Crippen molar-refractivity contribution in [3.8, 4) is 0 Å². The second kappa shape index (κ2) is 2.78. The van der Waals surface area contributed by atoms with Gasteiger partial charge in [0.05, 0.1) is 0 Å². The molecule has 0 aromatic carbocycles. The van der Waals surface area contributed by atoms with Gasteiger partial charge in [0, 0.05) is 12.6 Å². The zero-order valence-corrected chi connectivity index (χ0v) is 7.71. The third-order valence-corrected chi connectivity index (χ3v) is 3.74. The van der Waals surface area contributed by atoms with Gasteiger partial charge in [-0.15, -0.1) is 0 Å². The molecular weight excluding hydrogens is 134 g/mol. The topological polar surface area (TPSA) is 3.24 Å². The first-order valence-corrected chi connectivity index (χ1v) is 4.97. The lowest BCUT2D eigenvalue weighted by molar-refractivity contribution is 0.208. The molecule has 1 saturated carbocycles. The van der Waals surface area contributed by atoms with Gasteiger partial charge in [0.1, 0.15) is 0 Å². The molecule has 1 heteroatoms. The zero-order chi connectivity index (χ0) is 7.84. The minimum absolute atomic E-state index is 0.848. The summed E-state index contributed by atoms with van der Waals surface area (Å²) in [5.41, 5.74) is 0. The molecule has 1 aliphatic heterocycles. The molecule has 0 aromatic heterocycles. The second-order valence-corrected chi connectivity index (χ2v) is 4.48. The van der Waals surface area contributed by atoms with E-state index in [1.54, 1.807) is 0 Å². The molecule has 0 bridgehead atoms. The van der Waals surface area contributed by atoms with Crippen LogP contribution in [0.2, 0.25) is 0 Å². The average Bonchev–Trinajstić information content (AvgIpc) is 2.08. The third kappa shape index (κ3) is 1.31. The molecule has 2 rings (SSSR count). The van der Waals surface area contributed by atoms with Crippen molar-refractivity contribution in [2.75, 3.05) is 13.6 Å². The number of nitrogens with zero attached hydrogens (tertiary/aromatic N) is 1. The van der Waals surface area contributed by atoms with E-state index in [4.69, 9.17) is 0 Å². The summed E-state index contributed by atoms with van der Waals surface area (Å²) in [6.45, 7) is 3.73. The standard InChI is InChI=1S/C10H19N/c1-8-6-10(7-11(8)2)9-4-3-5-9/h8-10H,3-7H2,1-2H3. The van der Waals surface area contributed by atoms with E-state index in [0.29, 0.717) is 0 Å². The van der Waals surface area contributed by atoms with Gasteiger partial charge in [0.25, 0.3) is 0 Å². The number of likely N-dealkylation sites (tertiary alicyclic amines) is 1. The molecule has 0 aromatic rings. The van der Waals surface area contributed by atoms with Crippen LogP contribution in [0.1, 0.15) is 32.6 Å². The van der Waals surface area contributed by atoms with Crippen LogP contribution >= 0.6 is 0 Å². The van der Waals surface area contributed by atoms with Crippen LogP contribution < -0.4 is 0 Å². The van der Waals surface area contributed by atoms with Gasteiger partial charge < -0.3 is 4.90 Å². The van der Waals surface area contributed by atoms with Gasteiger partial charge in [0.15, 0.2) is 0 Å². The van der Waals surface area contributed by atoms with Gasteiger partial charge in [-0.1, -0.05) is 19.3 Å². The fourth-order valence-electron chi connectivity index (χ4n) is 2.50. The van der Waals surface area contributed by atoms with Crippen molar-refractivity contribution in [1.82, 2.24) is 4.90 Å². The third-order valence-electron chi connectivity index (χ3n) is 3.74. The Kier molecular flexibility index (Phi) is 1.92. The van der Waals surface area contributed by atoms with Crippen molar-refractivity contribution >= 4 is 0 Å². The highest BCUT2D eigenvalue weighted by Crippen LogP contribution is 2.39. The van der Waals surface area contributed by atoms with Crippen molar-refractivity contribution in [2.24, 2.45) is 11.8 Å². The molecule has 0 amide bonds. The Hall–Kier alpha value is -0.0400. The van der Waals surface area contributed by atoms with Crippen LogP contribution in [0.4, 0.5) is 0 Å². The second-order valence-electron chi connectivity index (χ2n) is 4.48. The summed E-state index contributed by atoms with van der Waals surface area (Å²) in [7, 11) is 2.27. The fourth-order valence-corrected chi connectivity index (χ4v) is 2.50. The van der Waals surface area contributed by atoms with E-state index in [2.05, 4.69) is 18.9 Å². The molecule has 64 valence electrons. The van der Waals surface area contributed by atoms with Gasteiger partial charge in [-0.25, -0.2) is 0 Å². The molecule has 0 N–H and O–H groups in total. The molecule has 1 aliphatic carbocycles. The largest absolute Gasteiger partial charge is 0.303 e. The molecule has 2 atom stereocenters. The predicted molar refractivity (Wildman–Crippen MR) is 47.5 cm³/mol. The Morgan fingerprint density at radius 3 is 2.27 bits per heavy atom. The maximum Gasteiger partial charge on any atom is 0.00672 e. The maximum atomic E-state index is 2.52. The van der Waals surface area contributed by atoms with E-state index in [1.165, 1.54) is 32.2 Å². The molecular formula is C10H19N. The molecule has 2 fully saturated rings. The van der Waals surface area contributed by atoms with Gasteiger partial charge in [-0.2, -0.15) is 0 Å². The van der Waals surface area contributed by atoms with Crippen LogP contribution in [0.15, 0.2) is 0 Å². The van der Waals surface area contributed by atoms with Crippen molar-refractivity contribution in [1.29, 1.82) is 0 Å². The number of hydrogen-bond donors (Lipinski definition) is 0. The number of hydrogen-bond acceptors (Lipinski definition) is 1. The molecule has 2 unspecified atom stereocenters. The molecule has 2 aliphatic rings. The highest BCUT2D eigenvalue weighted by Gasteiger charge is 2.34. The van der Waals surface area contributed by atoms with E-state index in [1.807, 2.05) is 0 Å². The van der Waals surface area contributed by atoms with Crippen LogP contribution in [0.5, 0.6) is 0 Å².